The van der Waals surface area contributed by atoms with Crippen LogP contribution in [0.3, 0.4) is 0 Å². The van der Waals surface area contributed by atoms with Crippen LogP contribution >= 0.6 is 11.6 Å². The molecule has 0 aliphatic heterocycles. The lowest BCUT2D eigenvalue weighted by Gasteiger charge is -2.08. The summed E-state index contributed by atoms with van der Waals surface area (Å²) in [6.45, 7) is 1.49. The lowest BCUT2D eigenvalue weighted by molar-refractivity contribution is -0.119. The monoisotopic (exact) mass is 256 g/mol. The van der Waals surface area contributed by atoms with Crippen molar-refractivity contribution >= 4 is 23.2 Å². The molecule has 1 aromatic rings. The summed E-state index contributed by atoms with van der Waals surface area (Å²) in [5, 5.41) is 6.37. The van der Waals surface area contributed by atoms with Crippen LogP contribution in [0.4, 0.5) is 5.69 Å². The molecule has 1 amide bonds. The molecule has 1 rings (SSSR count). The van der Waals surface area contributed by atoms with Crippen LogP contribution in [-0.4, -0.2) is 32.7 Å². The van der Waals surface area contributed by atoms with E-state index >= 15 is 0 Å². The fourth-order valence-electron chi connectivity index (χ4n) is 1.29. The molecule has 0 unspecified atom stereocenters. The molecule has 0 aliphatic carbocycles. The Morgan fingerprint density at radius 1 is 1.41 bits per heavy atom. The van der Waals surface area contributed by atoms with Gasteiger partial charge in [-0.1, -0.05) is 23.7 Å². The van der Waals surface area contributed by atoms with Crippen molar-refractivity contribution in [2.75, 3.05) is 32.1 Å². The van der Waals surface area contributed by atoms with Gasteiger partial charge in [-0.05, 0) is 18.6 Å². The van der Waals surface area contributed by atoms with Gasteiger partial charge < -0.3 is 15.4 Å². The molecule has 4 nitrogen and oxygen atoms in total. The van der Waals surface area contributed by atoms with Crippen LogP contribution in [-0.2, 0) is 9.53 Å². The molecule has 0 aliphatic rings. The second kappa shape index (κ2) is 7.92. The topological polar surface area (TPSA) is 50.4 Å². The predicted molar refractivity (Wildman–Crippen MR) is 69.4 cm³/mol. The SMILES string of the molecule is COCCCNC(=O)CNc1ccccc1Cl. The lowest BCUT2D eigenvalue weighted by atomic mass is 10.3. The third kappa shape index (κ3) is 5.56. The quantitative estimate of drug-likeness (QED) is 0.733. The van der Waals surface area contributed by atoms with Crippen LogP contribution in [0.2, 0.25) is 5.02 Å². The van der Waals surface area contributed by atoms with Crippen LogP contribution in [0.5, 0.6) is 0 Å². The largest absolute Gasteiger partial charge is 0.385 e. The van der Waals surface area contributed by atoms with E-state index < -0.39 is 0 Å². The average Bonchev–Trinajstić information content (AvgIpc) is 2.34. The molecule has 0 atom stereocenters. The summed E-state index contributed by atoms with van der Waals surface area (Å²) in [5.74, 6) is -0.0546. The molecule has 0 saturated carbocycles. The molecule has 0 spiro atoms. The number of benzene rings is 1. The van der Waals surface area contributed by atoms with Gasteiger partial charge in [0.2, 0.25) is 5.91 Å². The zero-order valence-electron chi connectivity index (χ0n) is 9.83. The van der Waals surface area contributed by atoms with E-state index in [9.17, 15) is 4.79 Å². The van der Waals surface area contributed by atoms with Crippen LogP contribution in [0, 0.1) is 0 Å². The smallest absolute Gasteiger partial charge is 0.239 e. The number of nitrogens with one attached hydrogen (secondary N) is 2. The molecule has 0 heterocycles. The maximum atomic E-state index is 11.4. The molecule has 94 valence electrons. The Kier molecular flexibility index (Phi) is 6.43. The molecule has 0 bridgehead atoms. The van der Waals surface area contributed by atoms with Gasteiger partial charge in [-0.3, -0.25) is 4.79 Å². The fourth-order valence-corrected chi connectivity index (χ4v) is 1.49. The predicted octanol–water partition coefficient (Wildman–Crippen LogP) is 1.90. The molecular weight excluding hydrogens is 240 g/mol. The number of ether oxygens (including phenoxy) is 1. The third-order valence-electron chi connectivity index (χ3n) is 2.16. The Bertz CT molecular complexity index is 358. The summed E-state index contributed by atoms with van der Waals surface area (Å²) >= 11 is 5.94. The maximum absolute atomic E-state index is 11.4. The highest BCUT2D eigenvalue weighted by Gasteiger charge is 2.02. The van der Waals surface area contributed by atoms with Gasteiger partial charge in [-0.15, -0.1) is 0 Å². The standard InChI is InChI=1S/C12H17ClN2O2/c1-17-8-4-7-14-12(16)9-15-11-6-3-2-5-10(11)13/h2-3,5-6,15H,4,7-9H2,1H3,(H,14,16). The normalized spacial score (nSPS) is 10.0. The number of methoxy groups -OCH3 is 1. The first-order valence-electron chi connectivity index (χ1n) is 5.48. The third-order valence-corrected chi connectivity index (χ3v) is 2.49. The Hall–Kier alpha value is -1.26. The molecule has 1 aromatic carbocycles. The van der Waals surface area contributed by atoms with Crippen LogP contribution < -0.4 is 10.6 Å². The number of amides is 1. The Balaban J connectivity index is 2.22. The molecule has 5 heteroatoms. The van der Waals surface area contributed by atoms with Crippen LogP contribution in [0.25, 0.3) is 0 Å². The lowest BCUT2D eigenvalue weighted by Crippen LogP contribution is -2.31. The van der Waals surface area contributed by atoms with Crippen molar-refractivity contribution in [1.29, 1.82) is 0 Å². The van der Waals surface area contributed by atoms with Gasteiger partial charge in [0.25, 0.3) is 0 Å². The highest BCUT2D eigenvalue weighted by molar-refractivity contribution is 6.33. The number of hydrogen-bond acceptors (Lipinski definition) is 3. The summed E-state index contributed by atoms with van der Waals surface area (Å²) < 4.78 is 4.88. The summed E-state index contributed by atoms with van der Waals surface area (Å²) in [5.41, 5.74) is 0.765. The second-order valence-corrected chi connectivity index (χ2v) is 3.94. The first-order valence-corrected chi connectivity index (χ1v) is 5.86. The highest BCUT2D eigenvalue weighted by atomic mass is 35.5. The second-order valence-electron chi connectivity index (χ2n) is 3.53. The number of halogens is 1. The van der Waals surface area contributed by atoms with Crippen molar-refractivity contribution in [2.45, 2.75) is 6.42 Å². The van der Waals surface area contributed by atoms with E-state index in [0.717, 1.165) is 12.1 Å². The van der Waals surface area contributed by atoms with Crippen molar-refractivity contribution in [2.24, 2.45) is 0 Å². The number of carbonyl (C=O) groups excluding carboxylic acids is 1. The minimum Gasteiger partial charge on any atom is -0.385 e. The zero-order chi connectivity index (χ0) is 12.5. The molecule has 17 heavy (non-hydrogen) atoms. The van der Waals surface area contributed by atoms with E-state index in [1.165, 1.54) is 0 Å². The van der Waals surface area contributed by atoms with E-state index in [1.807, 2.05) is 18.2 Å². The van der Waals surface area contributed by atoms with Gasteiger partial charge in [-0.25, -0.2) is 0 Å². The van der Waals surface area contributed by atoms with Gasteiger partial charge in [0.1, 0.15) is 0 Å². The Morgan fingerprint density at radius 3 is 2.88 bits per heavy atom. The zero-order valence-corrected chi connectivity index (χ0v) is 10.6. The Morgan fingerprint density at radius 2 is 2.18 bits per heavy atom. The van der Waals surface area contributed by atoms with Crippen molar-refractivity contribution in [3.05, 3.63) is 29.3 Å². The Labute approximate surface area is 106 Å². The first kappa shape index (κ1) is 13.8. The van der Waals surface area contributed by atoms with E-state index in [0.29, 0.717) is 18.2 Å². The van der Waals surface area contributed by atoms with Gasteiger partial charge in [0.15, 0.2) is 0 Å². The van der Waals surface area contributed by atoms with Crippen molar-refractivity contribution < 1.29 is 9.53 Å². The number of carbonyl (C=O) groups is 1. The maximum Gasteiger partial charge on any atom is 0.239 e. The van der Waals surface area contributed by atoms with E-state index in [-0.39, 0.29) is 12.5 Å². The summed E-state index contributed by atoms with van der Waals surface area (Å²) in [6.07, 6.45) is 0.814. The minimum atomic E-state index is -0.0546. The first-order chi connectivity index (χ1) is 8.24. The molecule has 0 saturated heterocycles. The van der Waals surface area contributed by atoms with Gasteiger partial charge in [0, 0.05) is 20.3 Å². The summed E-state index contributed by atoms with van der Waals surface area (Å²) in [7, 11) is 1.64. The van der Waals surface area contributed by atoms with Gasteiger partial charge in [-0.2, -0.15) is 0 Å². The van der Waals surface area contributed by atoms with Crippen molar-refractivity contribution in [1.82, 2.24) is 5.32 Å². The summed E-state index contributed by atoms with van der Waals surface area (Å²) in [6, 6.07) is 7.32. The fraction of sp³-hybridized carbons (Fsp3) is 0.417. The minimum absolute atomic E-state index is 0.0546. The van der Waals surface area contributed by atoms with Crippen molar-refractivity contribution in [3.8, 4) is 0 Å². The number of rotatable bonds is 7. The molecule has 0 radical (unpaired) electrons. The summed E-state index contributed by atoms with van der Waals surface area (Å²) in [4.78, 5) is 11.4. The van der Waals surface area contributed by atoms with E-state index in [1.54, 1.807) is 13.2 Å². The van der Waals surface area contributed by atoms with E-state index in [4.69, 9.17) is 16.3 Å². The molecule has 0 fully saturated rings. The number of hydrogen-bond donors (Lipinski definition) is 2. The van der Waals surface area contributed by atoms with Crippen molar-refractivity contribution in [3.63, 3.8) is 0 Å². The van der Waals surface area contributed by atoms with Crippen LogP contribution in [0.1, 0.15) is 6.42 Å². The molecule has 0 aromatic heterocycles. The van der Waals surface area contributed by atoms with E-state index in [2.05, 4.69) is 10.6 Å². The highest BCUT2D eigenvalue weighted by Crippen LogP contribution is 2.19. The average molecular weight is 257 g/mol. The van der Waals surface area contributed by atoms with Gasteiger partial charge >= 0.3 is 0 Å². The number of para-hydroxylation sites is 1. The van der Waals surface area contributed by atoms with Gasteiger partial charge in [0.05, 0.1) is 17.3 Å². The molecular formula is C12H17ClN2O2. The molecule has 2 N–H and O–H groups in total. The number of anilines is 1. The van der Waals surface area contributed by atoms with Crippen LogP contribution in [0.15, 0.2) is 24.3 Å².